The highest BCUT2D eigenvalue weighted by Gasteiger charge is 2.13. The summed E-state index contributed by atoms with van der Waals surface area (Å²) in [5, 5.41) is 3.80. The fraction of sp³-hybridized carbons (Fsp3) is 0.462. The summed E-state index contributed by atoms with van der Waals surface area (Å²) in [6.45, 7) is 3.82. The molecule has 0 aromatic heterocycles. The monoisotopic (exact) mass is 321 g/mol. The SMILES string of the molecule is O=C(NCCN1CCCC1)c1ccc(Cl)cc1Cl.[Cl-]. The Kier molecular flexibility index (Phi) is 6.94. The topological polar surface area (TPSA) is 32.3 Å². The molecule has 1 aliphatic heterocycles. The van der Waals surface area contributed by atoms with Gasteiger partial charge >= 0.3 is 0 Å². The van der Waals surface area contributed by atoms with Crippen LogP contribution in [0, 0.1) is 0 Å². The van der Waals surface area contributed by atoms with E-state index in [1.54, 1.807) is 18.2 Å². The highest BCUT2D eigenvalue weighted by atomic mass is 35.5. The molecule has 19 heavy (non-hydrogen) atoms. The van der Waals surface area contributed by atoms with Gasteiger partial charge in [0.05, 0.1) is 10.6 Å². The van der Waals surface area contributed by atoms with Crippen molar-refractivity contribution < 1.29 is 17.2 Å². The van der Waals surface area contributed by atoms with Crippen LogP contribution in [0.4, 0.5) is 0 Å². The summed E-state index contributed by atoms with van der Waals surface area (Å²) in [5.74, 6) is -0.143. The molecule has 1 aromatic carbocycles. The predicted octanol–water partition coefficient (Wildman–Crippen LogP) is -0.177. The molecule has 0 bridgehead atoms. The van der Waals surface area contributed by atoms with Crippen LogP contribution in [0.1, 0.15) is 23.2 Å². The van der Waals surface area contributed by atoms with Crippen LogP contribution in [0.3, 0.4) is 0 Å². The van der Waals surface area contributed by atoms with E-state index in [9.17, 15) is 4.79 Å². The molecule has 0 spiro atoms. The van der Waals surface area contributed by atoms with E-state index in [0.29, 0.717) is 22.2 Å². The number of carbonyl (C=O) groups excluding carboxylic acids is 1. The number of hydrogen-bond donors (Lipinski definition) is 1. The Morgan fingerprint density at radius 1 is 1.26 bits per heavy atom. The van der Waals surface area contributed by atoms with Crippen LogP contribution >= 0.6 is 23.2 Å². The first-order valence-electron chi connectivity index (χ1n) is 6.12. The molecule has 0 atom stereocenters. The van der Waals surface area contributed by atoms with Crippen molar-refractivity contribution in [3.63, 3.8) is 0 Å². The minimum absolute atomic E-state index is 0. The van der Waals surface area contributed by atoms with Gasteiger partial charge in [-0.1, -0.05) is 23.2 Å². The second kappa shape index (κ2) is 7.95. The van der Waals surface area contributed by atoms with Gasteiger partial charge in [-0.05, 0) is 44.1 Å². The average Bonchev–Trinajstić information content (AvgIpc) is 2.81. The number of benzene rings is 1. The zero-order chi connectivity index (χ0) is 13.0. The van der Waals surface area contributed by atoms with Crippen molar-refractivity contribution in [1.29, 1.82) is 0 Å². The average molecular weight is 323 g/mol. The standard InChI is InChI=1S/C13H16Cl2N2O.ClH/c14-10-3-4-11(12(15)9-10)13(18)16-5-8-17-6-1-2-7-17;/h3-4,9H,1-2,5-8H2,(H,16,18);1H/p-1. The maximum absolute atomic E-state index is 11.9. The lowest BCUT2D eigenvalue weighted by Gasteiger charge is -2.14. The Bertz CT molecular complexity index is 434. The van der Waals surface area contributed by atoms with Crippen LogP contribution in [-0.4, -0.2) is 37.0 Å². The van der Waals surface area contributed by atoms with Crippen molar-refractivity contribution in [3.05, 3.63) is 33.8 Å². The molecule has 6 heteroatoms. The fourth-order valence-electron chi connectivity index (χ4n) is 2.10. The molecule has 1 heterocycles. The third-order valence-electron chi connectivity index (χ3n) is 3.09. The number of likely N-dealkylation sites (tertiary alicyclic amines) is 1. The zero-order valence-corrected chi connectivity index (χ0v) is 12.7. The second-order valence-electron chi connectivity index (χ2n) is 4.43. The molecule has 1 aromatic rings. The van der Waals surface area contributed by atoms with E-state index in [2.05, 4.69) is 10.2 Å². The quantitative estimate of drug-likeness (QED) is 0.834. The highest BCUT2D eigenvalue weighted by Crippen LogP contribution is 2.20. The first-order chi connectivity index (χ1) is 8.66. The lowest BCUT2D eigenvalue weighted by atomic mass is 10.2. The van der Waals surface area contributed by atoms with E-state index in [0.717, 1.165) is 19.6 Å². The van der Waals surface area contributed by atoms with Crippen LogP contribution < -0.4 is 17.7 Å². The van der Waals surface area contributed by atoms with Gasteiger partial charge in [0.15, 0.2) is 0 Å². The van der Waals surface area contributed by atoms with Crippen molar-refractivity contribution >= 4 is 29.1 Å². The van der Waals surface area contributed by atoms with E-state index in [4.69, 9.17) is 23.2 Å². The smallest absolute Gasteiger partial charge is 0.252 e. The second-order valence-corrected chi connectivity index (χ2v) is 5.27. The first kappa shape index (κ1) is 16.6. The normalized spacial score (nSPS) is 15.1. The third kappa shape index (κ3) is 4.84. The van der Waals surface area contributed by atoms with E-state index < -0.39 is 0 Å². The molecule has 1 N–H and O–H groups in total. The largest absolute Gasteiger partial charge is 1.00 e. The highest BCUT2D eigenvalue weighted by molar-refractivity contribution is 6.36. The van der Waals surface area contributed by atoms with Crippen molar-refractivity contribution in [2.75, 3.05) is 26.2 Å². The summed E-state index contributed by atoms with van der Waals surface area (Å²) >= 11 is 11.8. The Morgan fingerprint density at radius 2 is 1.95 bits per heavy atom. The summed E-state index contributed by atoms with van der Waals surface area (Å²) in [6.07, 6.45) is 2.52. The van der Waals surface area contributed by atoms with Crippen LogP contribution in [-0.2, 0) is 0 Å². The van der Waals surface area contributed by atoms with Gasteiger partial charge in [0.1, 0.15) is 0 Å². The van der Waals surface area contributed by atoms with Crippen molar-refractivity contribution in [3.8, 4) is 0 Å². The summed E-state index contributed by atoms with van der Waals surface area (Å²) in [5.41, 5.74) is 0.475. The molecule has 0 radical (unpaired) electrons. The van der Waals surface area contributed by atoms with Gasteiger partial charge < -0.3 is 22.6 Å². The van der Waals surface area contributed by atoms with Gasteiger partial charge in [-0.25, -0.2) is 0 Å². The Hall–Kier alpha value is -0.480. The Labute approximate surface area is 129 Å². The van der Waals surface area contributed by atoms with E-state index in [-0.39, 0.29) is 18.3 Å². The molecule has 1 saturated heterocycles. The van der Waals surface area contributed by atoms with E-state index in [1.807, 2.05) is 0 Å². The summed E-state index contributed by atoms with van der Waals surface area (Å²) in [4.78, 5) is 14.2. The first-order valence-corrected chi connectivity index (χ1v) is 6.88. The number of halogens is 3. The number of amides is 1. The van der Waals surface area contributed by atoms with Crippen molar-refractivity contribution in [2.45, 2.75) is 12.8 Å². The lowest BCUT2D eigenvalue weighted by Crippen LogP contribution is -3.00. The third-order valence-corrected chi connectivity index (χ3v) is 3.64. The van der Waals surface area contributed by atoms with Crippen molar-refractivity contribution in [2.24, 2.45) is 0 Å². The minimum atomic E-state index is -0.143. The van der Waals surface area contributed by atoms with E-state index in [1.165, 1.54) is 12.8 Å². The summed E-state index contributed by atoms with van der Waals surface area (Å²) < 4.78 is 0. The Balaban J connectivity index is 0.00000180. The molecular weight excluding hydrogens is 307 g/mol. The molecule has 106 valence electrons. The summed E-state index contributed by atoms with van der Waals surface area (Å²) in [6, 6.07) is 4.90. The molecule has 1 aliphatic rings. The van der Waals surface area contributed by atoms with Gasteiger partial charge in [0.2, 0.25) is 0 Å². The van der Waals surface area contributed by atoms with Gasteiger partial charge in [-0.15, -0.1) is 0 Å². The maximum atomic E-state index is 11.9. The molecule has 0 aliphatic carbocycles. The molecule has 2 rings (SSSR count). The number of nitrogens with one attached hydrogen (secondary N) is 1. The van der Waals surface area contributed by atoms with Crippen LogP contribution in [0.25, 0.3) is 0 Å². The molecule has 1 fully saturated rings. The molecular formula is C13H16Cl3N2O-. The van der Waals surface area contributed by atoms with Gasteiger partial charge in [-0.2, -0.15) is 0 Å². The van der Waals surface area contributed by atoms with Gasteiger partial charge in [0.25, 0.3) is 5.91 Å². The molecule has 0 unspecified atom stereocenters. The lowest BCUT2D eigenvalue weighted by molar-refractivity contribution is -0.0000120. The molecule has 0 saturated carbocycles. The molecule has 1 amide bonds. The van der Waals surface area contributed by atoms with Crippen LogP contribution in [0.2, 0.25) is 10.0 Å². The Morgan fingerprint density at radius 3 is 2.58 bits per heavy atom. The van der Waals surface area contributed by atoms with E-state index >= 15 is 0 Å². The summed E-state index contributed by atoms with van der Waals surface area (Å²) in [7, 11) is 0. The van der Waals surface area contributed by atoms with Crippen molar-refractivity contribution in [1.82, 2.24) is 10.2 Å². The number of hydrogen-bond acceptors (Lipinski definition) is 2. The number of rotatable bonds is 4. The van der Waals surface area contributed by atoms with Crippen LogP contribution in [0.15, 0.2) is 18.2 Å². The number of nitrogens with zero attached hydrogens (tertiary/aromatic N) is 1. The van der Waals surface area contributed by atoms with Gasteiger partial charge in [0, 0.05) is 18.1 Å². The maximum Gasteiger partial charge on any atom is 0.252 e. The zero-order valence-electron chi connectivity index (χ0n) is 10.5. The molecule has 3 nitrogen and oxygen atoms in total. The van der Waals surface area contributed by atoms with Gasteiger partial charge in [-0.3, -0.25) is 4.79 Å². The van der Waals surface area contributed by atoms with Crippen LogP contribution in [0.5, 0.6) is 0 Å². The predicted molar refractivity (Wildman–Crippen MR) is 74.5 cm³/mol. The minimum Gasteiger partial charge on any atom is -1.00 e. The number of carbonyl (C=O) groups is 1. The fourth-order valence-corrected chi connectivity index (χ4v) is 2.60.